The molecule has 1 amide bonds. The number of fused-ring (bicyclic) bond motifs is 1. The Hall–Kier alpha value is -3.37. The molecule has 0 aliphatic carbocycles. The van der Waals surface area contributed by atoms with Crippen molar-refractivity contribution in [2.45, 2.75) is 26.7 Å². The monoisotopic (exact) mass is 582 g/mol. The minimum atomic E-state index is -0.473. The van der Waals surface area contributed by atoms with E-state index in [4.69, 9.17) is 19.6 Å². The molecule has 4 rings (SSSR count). The van der Waals surface area contributed by atoms with E-state index in [2.05, 4.69) is 32.6 Å². The van der Waals surface area contributed by atoms with Crippen LogP contribution >= 0.6 is 27.7 Å². The van der Waals surface area contributed by atoms with E-state index in [1.807, 2.05) is 50.3 Å². The van der Waals surface area contributed by atoms with Crippen LogP contribution in [0.2, 0.25) is 0 Å². The maximum absolute atomic E-state index is 12.7. The zero-order valence-electron chi connectivity index (χ0n) is 20.6. The van der Waals surface area contributed by atoms with Crippen LogP contribution in [0.25, 0.3) is 6.08 Å². The van der Waals surface area contributed by atoms with Gasteiger partial charge in [-0.2, -0.15) is 15.1 Å². The number of para-hydroxylation sites is 1. The van der Waals surface area contributed by atoms with Crippen LogP contribution in [0.15, 0.2) is 69.2 Å². The van der Waals surface area contributed by atoms with Crippen LogP contribution in [0.5, 0.6) is 17.2 Å². The predicted molar refractivity (Wildman–Crippen MR) is 152 cm³/mol. The molecular weight excluding hydrogens is 556 g/mol. The normalized spacial score (nSPS) is 15.9. The molecular formula is C27H27BrN4O4S. The predicted octanol–water partition coefficient (Wildman–Crippen LogP) is 6.06. The molecule has 37 heavy (non-hydrogen) atoms. The number of carbonyl (C=O) groups excluding carboxylic acids is 1. The number of hydrogen-bond donors (Lipinski definition) is 1. The lowest BCUT2D eigenvalue weighted by atomic mass is 10.1. The first-order chi connectivity index (χ1) is 17.9. The lowest BCUT2D eigenvalue weighted by Crippen LogP contribution is -2.35. The molecule has 0 radical (unpaired) electrons. The molecule has 2 aromatic carbocycles. The topological polar surface area (TPSA) is 96.6 Å². The summed E-state index contributed by atoms with van der Waals surface area (Å²) >= 11 is 4.88. The summed E-state index contributed by atoms with van der Waals surface area (Å²) in [5.74, 6) is 1.37. The van der Waals surface area contributed by atoms with Crippen molar-refractivity contribution in [1.29, 1.82) is 5.41 Å². The van der Waals surface area contributed by atoms with Crippen molar-refractivity contribution in [1.82, 2.24) is 5.01 Å². The summed E-state index contributed by atoms with van der Waals surface area (Å²) in [4.78, 5) is 16.8. The van der Waals surface area contributed by atoms with Gasteiger partial charge < -0.3 is 14.2 Å². The van der Waals surface area contributed by atoms with E-state index >= 15 is 0 Å². The summed E-state index contributed by atoms with van der Waals surface area (Å²) in [5.41, 5.74) is 1.88. The molecule has 8 nitrogen and oxygen atoms in total. The average molecular weight is 584 g/mol. The number of carbonyl (C=O) groups is 1. The zero-order chi connectivity index (χ0) is 26.4. The van der Waals surface area contributed by atoms with Gasteiger partial charge in [-0.1, -0.05) is 31.2 Å². The van der Waals surface area contributed by atoms with E-state index in [1.54, 1.807) is 12.1 Å². The molecule has 2 aliphatic rings. The van der Waals surface area contributed by atoms with Crippen molar-refractivity contribution in [2.24, 2.45) is 10.1 Å². The van der Waals surface area contributed by atoms with Gasteiger partial charge in [-0.05, 0) is 82.9 Å². The van der Waals surface area contributed by atoms with Crippen LogP contribution in [-0.4, -0.2) is 46.8 Å². The smallest absolute Gasteiger partial charge is 0.283 e. The Kier molecular flexibility index (Phi) is 8.83. The second-order valence-electron chi connectivity index (χ2n) is 7.93. The van der Waals surface area contributed by atoms with Gasteiger partial charge in [0, 0.05) is 0 Å². The molecule has 2 aliphatic heterocycles. The van der Waals surface area contributed by atoms with E-state index in [0.717, 1.165) is 22.8 Å². The lowest BCUT2D eigenvalue weighted by Gasteiger charge is -2.20. The van der Waals surface area contributed by atoms with E-state index < -0.39 is 5.91 Å². The Labute approximate surface area is 228 Å². The number of halogens is 1. The van der Waals surface area contributed by atoms with Crippen molar-refractivity contribution >= 4 is 55.7 Å². The highest BCUT2D eigenvalue weighted by molar-refractivity contribution is 9.10. The number of nitrogens with one attached hydrogen (secondary N) is 1. The first-order valence-electron chi connectivity index (χ1n) is 11.8. The van der Waals surface area contributed by atoms with Gasteiger partial charge in [-0.15, -0.1) is 6.58 Å². The number of hydrazone groups is 1. The van der Waals surface area contributed by atoms with Crippen LogP contribution in [0.4, 0.5) is 0 Å². The third kappa shape index (κ3) is 6.14. The maximum Gasteiger partial charge on any atom is 0.283 e. The van der Waals surface area contributed by atoms with E-state index in [1.165, 1.54) is 16.8 Å². The number of hydrogen-bond acceptors (Lipinski definition) is 7. The minimum Gasteiger partial charge on any atom is -0.490 e. The van der Waals surface area contributed by atoms with Gasteiger partial charge in [0.25, 0.3) is 5.91 Å². The van der Waals surface area contributed by atoms with Gasteiger partial charge in [0.05, 0.1) is 16.7 Å². The zero-order valence-corrected chi connectivity index (χ0v) is 23.0. The first-order valence-corrected chi connectivity index (χ1v) is 13.5. The number of rotatable bonds is 11. The molecule has 0 atom stereocenters. The average Bonchev–Trinajstić information content (AvgIpc) is 3.30. The molecule has 0 saturated carbocycles. The summed E-state index contributed by atoms with van der Waals surface area (Å²) < 4.78 is 18.4. The van der Waals surface area contributed by atoms with Crippen molar-refractivity contribution in [3.05, 3.63) is 70.2 Å². The fourth-order valence-corrected chi connectivity index (χ4v) is 5.08. The molecule has 0 saturated heterocycles. The standard InChI is InChI=1S/C27H27BrN4O4S/c1-4-9-18-10-7-8-11-21(18)35-12-13-36-24-20(28)15-17(16-22(24)34-6-3)14-19-25(29)32-27(30-26(19)33)37-23(5-2)31-32/h4,7-8,10-11,14-16,29H,1,5-6,9,12-13H2,2-3H3/b19-14-,29-25?. The molecule has 0 fully saturated rings. The van der Waals surface area contributed by atoms with Crippen molar-refractivity contribution < 1.29 is 19.0 Å². The fraction of sp³-hybridized carbons (Fsp3) is 0.259. The molecule has 0 unspecified atom stereocenters. The molecule has 1 N–H and O–H groups in total. The highest BCUT2D eigenvalue weighted by Gasteiger charge is 2.35. The van der Waals surface area contributed by atoms with Gasteiger partial charge in [0.2, 0.25) is 5.17 Å². The number of thioether (sulfide) groups is 1. The largest absolute Gasteiger partial charge is 0.490 e. The molecule has 0 spiro atoms. The summed E-state index contributed by atoms with van der Waals surface area (Å²) in [5, 5.41) is 15.5. The Bertz CT molecular complexity index is 1320. The van der Waals surface area contributed by atoms with E-state index in [0.29, 0.717) is 52.9 Å². The second kappa shape index (κ2) is 12.2. The summed E-state index contributed by atoms with van der Waals surface area (Å²) in [6.45, 7) is 8.72. The molecule has 0 aromatic heterocycles. The lowest BCUT2D eigenvalue weighted by molar-refractivity contribution is -0.114. The van der Waals surface area contributed by atoms with Crippen molar-refractivity contribution in [3.8, 4) is 17.2 Å². The van der Waals surface area contributed by atoms with Crippen LogP contribution in [0, 0.1) is 5.41 Å². The first kappa shape index (κ1) is 26.7. The van der Waals surface area contributed by atoms with Crippen LogP contribution in [0.3, 0.4) is 0 Å². The molecule has 0 bridgehead atoms. The third-order valence-corrected chi connectivity index (χ3v) is 7.01. The number of ether oxygens (including phenoxy) is 3. The van der Waals surface area contributed by atoms with Crippen LogP contribution in [-0.2, 0) is 11.2 Å². The number of allylic oxidation sites excluding steroid dienone is 1. The van der Waals surface area contributed by atoms with Gasteiger partial charge in [0.15, 0.2) is 17.3 Å². The number of amidine groups is 2. The summed E-state index contributed by atoms with van der Waals surface area (Å²) in [6.07, 6.45) is 4.89. The highest BCUT2D eigenvalue weighted by atomic mass is 79.9. The minimum absolute atomic E-state index is 0.00533. The van der Waals surface area contributed by atoms with Crippen LogP contribution in [0.1, 0.15) is 31.4 Å². The Morgan fingerprint density at radius 1 is 1.14 bits per heavy atom. The fourth-order valence-electron chi connectivity index (χ4n) is 3.68. The number of amides is 1. The summed E-state index contributed by atoms with van der Waals surface area (Å²) in [6, 6.07) is 11.4. The SMILES string of the molecule is C=CCc1ccccc1OCCOc1c(Br)cc(/C=C2/C(=N)N3N=C(CC)SC3=NC2=O)cc1OCC. The Morgan fingerprint density at radius 2 is 1.92 bits per heavy atom. The van der Waals surface area contributed by atoms with Gasteiger partial charge in [0.1, 0.15) is 24.0 Å². The Morgan fingerprint density at radius 3 is 2.68 bits per heavy atom. The van der Waals surface area contributed by atoms with Gasteiger partial charge in [-0.25, -0.2) is 0 Å². The van der Waals surface area contributed by atoms with E-state index in [-0.39, 0.29) is 11.4 Å². The summed E-state index contributed by atoms with van der Waals surface area (Å²) in [7, 11) is 0. The van der Waals surface area contributed by atoms with Gasteiger partial charge in [-0.3, -0.25) is 10.2 Å². The van der Waals surface area contributed by atoms with E-state index in [9.17, 15) is 4.79 Å². The third-order valence-electron chi connectivity index (χ3n) is 5.37. The number of benzene rings is 2. The Balaban J connectivity index is 1.50. The molecule has 192 valence electrons. The number of nitrogens with zero attached hydrogens (tertiary/aromatic N) is 3. The maximum atomic E-state index is 12.7. The molecule has 2 aromatic rings. The number of aliphatic imine (C=N–C) groups is 1. The molecule has 10 heteroatoms. The highest BCUT2D eigenvalue weighted by Crippen LogP contribution is 2.38. The second-order valence-corrected chi connectivity index (χ2v) is 9.82. The quantitative estimate of drug-likeness (QED) is 0.196. The molecule has 2 heterocycles. The van der Waals surface area contributed by atoms with Gasteiger partial charge >= 0.3 is 0 Å². The van der Waals surface area contributed by atoms with Crippen molar-refractivity contribution in [3.63, 3.8) is 0 Å². The van der Waals surface area contributed by atoms with Crippen LogP contribution < -0.4 is 14.2 Å². The van der Waals surface area contributed by atoms with Crippen molar-refractivity contribution in [2.75, 3.05) is 19.8 Å².